The minimum atomic E-state index is 0.156. The number of guanidine groups is 1. The fourth-order valence-electron chi connectivity index (χ4n) is 2.26. The van der Waals surface area contributed by atoms with Gasteiger partial charge in [-0.2, -0.15) is 0 Å². The highest BCUT2D eigenvalue weighted by atomic mass is 16.5. The summed E-state index contributed by atoms with van der Waals surface area (Å²) in [5.41, 5.74) is 0. The quantitative estimate of drug-likeness (QED) is 0.259. The van der Waals surface area contributed by atoms with E-state index in [-0.39, 0.29) is 5.91 Å². The molecule has 0 spiro atoms. The number of ether oxygens (including phenoxy) is 1. The molecular weight excluding hydrogens is 306 g/mol. The third-order valence-electron chi connectivity index (χ3n) is 3.79. The molecule has 1 rings (SSSR count). The van der Waals surface area contributed by atoms with Crippen LogP contribution in [0.3, 0.4) is 0 Å². The number of carbonyl (C=O) groups excluding carboxylic acids is 1. The molecule has 0 bridgehead atoms. The third kappa shape index (κ3) is 11.2. The lowest BCUT2D eigenvalue weighted by Gasteiger charge is -2.18. The van der Waals surface area contributed by atoms with E-state index < -0.39 is 0 Å². The van der Waals surface area contributed by atoms with Gasteiger partial charge in [-0.25, -0.2) is 0 Å². The first kappa shape index (κ1) is 20.7. The summed E-state index contributed by atoms with van der Waals surface area (Å²) in [5.74, 6) is 0.980. The molecule has 0 aromatic carbocycles. The zero-order chi connectivity index (χ0) is 17.6. The van der Waals surface area contributed by atoms with E-state index in [1.165, 1.54) is 0 Å². The van der Waals surface area contributed by atoms with Gasteiger partial charge in [0.25, 0.3) is 0 Å². The summed E-state index contributed by atoms with van der Waals surface area (Å²) in [6, 6.07) is 0.445. The molecule has 1 saturated carbocycles. The van der Waals surface area contributed by atoms with Crippen LogP contribution in [0.4, 0.5) is 0 Å². The zero-order valence-corrected chi connectivity index (χ0v) is 15.6. The molecule has 0 aromatic heterocycles. The molecule has 0 heterocycles. The highest BCUT2D eigenvalue weighted by molar-refractivity contribution is 5.80. The number of nitrogens with zero attached hydrogens (tertiary/aromatic N) is 2. The first-order valence-electron chi connectivity index (χ1n) is 9.14. The molecule has 7 nitrogen and oxygen atoms in total. The fraction of sp³-hybridized carbons (Fsp3) is 0.882. The molecule has 0 aliphatic heterocycles. The van der Waals surface area contributed by atoms with Crippen LogP contribution in [0, 0.1) is 0 Å². The smallest absolute Gasteiger partial charge is 0.220 e. The molecule has 3 N–H and O–H groups in total. The van der Waals surface area contributed by atoms with Gasteiger partial charge in [0, 0.05) is 58.9 Å². The van der Waals surface area contributed by atoms with Gasteiger partial charge < -0.3 is 25.6 Å². The summed E-state index contributed by atoms with van der Waals surface area (Å²) in [4.78, 5) is 18.4. The molecule has 24 heavy (non-hydrogen) atoms. The minimum Gasteiger partial charge on any atom is -0.385 e. The van der Waals surface area contributed by atoms with E-state index in [1.54, 1.807) is 7.11 Å². The lowest BCUT2D eigenvalue weighted by molar-refractivity contribution is -0.121. The molecule has 1 amide bonds. The molecule has 1 aliphatic carbocycles. The fourth-order valence-corrected chi connectivity index (χ4v) is 2.26. The molecule has 1 fully saturated rings. The predicted octanol–water partition coefficient (Wildman–Crippen LogP) is 0.569. The van der Waals surface area contributed by atoms with Crippen molar-refractivity contribution in [3.8, 4) is 0 Å². The average Bonchev–Trinajstić information content (AvgIpc) is 3.35. The molecule has 0 unspecified atom stereocenters. The Morgan fingerprint density at radius 2 is 2.04 bits per heavy atom. The molecule has 7 heteroatoms. The number of hydrogen-bond donors (Lipinski definition) is 3. The first-order chi connectivity index (χ1) is 11.7. The molecule has 140 valence electrons. The van der Waals surface area contributed by atoms with Gasteiger partial charge in [0.05, 0.1) is 0 Å². The number of hydrogen-bond acceptors (Lipinski definition) is 4. The van der Waals surface area contributed by atoms with Crippen molar-refractivity contribution in [2.45, 2.75) is 45.1 Å². The normalized spacial score (nSPS) is 14.8. The Kier molecular flexibility index (Phi) is 11.2. The standard InChI is InChI=1S/C17H35N5O2/c1-4-18-17(20-11-13-22(2)12-6-14-24-3)19-10-5-7-16(23)21-15-8-9-15/h15H,4-14H2,1-3H3,(H,21,23)(H2,18,19,20). The monoisotopic (exact) mass is 341 g/mol. The third-order valence-corrected chi connectivity index (χ3v) is 3.79. The van der Waals surface area contributed by atoms with Crippen molar-refractivity contribution in [1.82, 2.24) is 20.9 Å². The Morgan fingerprint density at radius 3 is 2.71 bits per heavy atom. The summed E-state index contributed by atoms with van der Waals surface area (Å²) in [6.45, 7) is 7.18. The van der Waals surface area contributed by atoms with Crippen molar-refractivity contribution in [1.29, 1.82) is 0 Å². The predicted molar refractivity (Wildman–Crippen MR) is 98.4 cm³/mol. The van der Waals surface area contributed by atoms with E-state index in [4.69, 9.17) is 4.74 Å². The molecule has 0 aromatic rings. The lowest BCUT2D eigenvalue weighted by Crippen LogP contribution is -2.41. The molecule has 1 aliphatic rings. The second-order valence-electron chi connectivity index (χ2n) is 6.28. The van der Waals surface area contributed by atoms with Crippen LogP contribution in [-0.4, -0.2) is 76.3 Å². The van der Waals surface area contributed by atoms with Crippen LogP contribution in [0.5, 0.6) is 0 Å². The summed E-state index contributed by atoms with van der Waals surface area (Å²) in [6.07, 6.45) is 4.66. The minimum absolute atomic E-state index is 0.156. The zero-order valence-electron chi connectivity index (χ0n) is 15.6. The van der Waals surface area contributed by atoms with Gasteiger partial charge in [-0.15, -0.1) is 0 Å². The Hall–Kier alpha value is -1.34. The van der Waals surface area contributed by atoms with Gasteiger partial charge in [0.2, 0.25) is 5.91 Å². The van der Waals surface area contributed by atoms with Gasteiger partial charge >= 0.3 is 0 Å². The van der Waals surface area contributed by atoms with Gasteiger partial charge in [0.1, 0.15) is 0 Å². The summed E-state index contributed by atoms with van der Waals surface area (Å²) < 4.78 is 5.06. The van der Waals surface area contributed by atoms with Crippen molar-refractivity contribution < 1.29 is 9.53 Å². The summed E-state index contributed by atoms with van der Waals surface area (Å²) >= 11 is 0. The van der Waals surface area contributed by atoms with Crippen LogP contribution in [-0.2, 0) is 9.53 Å². The maximum atomic E-state index is 11.6. The summed E-state index contributed by atoms with van der Waals surface area (Å²) in [7, 11) is 3.84. The highest BCUT2D eigenvalue weighted by Crippen LogP contribution is 2.18. The van der Waals surface area contributed by atoms with Crippen LogP contribution in [0.25, 0.3) is 0 Å². The second-order valence-corrected chi connectivity index (χ2v) is 6.28. The van der Waals surface area contributed by atoms with Crippen LogP contribution in [0.2, 0.25) is 0 Å². The Labute approximate surface area is 146 Å². The van der Waals surface area contributed by atoms with Crippen LogP contribution >= 0.6 is 0 Å². The van der Waals surface area contributed by atoms with Gasteiger partial charge in [0.15, 0.2) is 5.96 Å². The largest absolute Gasteiger partial charge is 0.385 e. The number of rotatable bonds is 13. The highest BCUT2D eigenvalue weighted by Gasteiger charge is 2.22. The summed E-state index contributed by atoms with van der Waals surface area (Å²) in [5, 5.41) is 9.58. The van der Waals surface area contributed by atoms with Crippen molar-refractivity contribution in [3.63, 3.8) is 0 Å². The number of likely N-dealkylation sites (N-methyl/N-ethyl adjacent to an activating group) is 1. The number of carbonyl (C=O) groups is 1. The molecule has 0 saturated heterocycles. The first-order valence-corrected chi connectivity index (χ1v) is 9.14. The van der Waals surface area contributed by atoms with E-state index in [1.807, 2.05) is 0 Å². The van der Waals surface area contributed by atoms with Crippen molar-refractivity contribution >= 4 is 11.9 Å². The molecule has 0 radical (unpaired) electrons. The van der Waals surface area contributed by atoms with E-state index in [0.717, 1.165) is 64.4 Å². The average molecular weight is 342 g/mol. The maximum absolute atomic E-state index is 11.6. The van der Waals surface area contributed by atoms with Gasteiger partial charge in [-0.05, 0) is 39.7 Å². The van der Waals surface area contributed by atoms with Crippen LogP contribution in [0.1, 0.15) is 39.0 Å². The molecular formula is C17H35N5O2. The Balaban J connectivity index is 2.12. The number of methoxy groups -OCH3 is 1. The number of amides is 1. The van der Waals surface area contributed by atoms with Gasteiger partial charge in [-0.1, -0.05) is 0 Å². The van der Waals surface area contributed by atoms with Crippen molar-refractivity contribution in [2.24, 2.45) is 4.99 Å². The maximum Gasteiger partial charge on any atom is 0.220 e. The van der Waals surface area contributed by atoms with E-state index in [0.29, 0.717) is 19.0 Å². The van der Waals surface area contributed by atoms with E-state index in [9.17, 15) is 4.79 Å². The van der Waals surface area contributed by atoms with Gasteiger partial charge in [-0.3, -0.25) is 9.79 Å². The van der Waals surface area contributed by atoms with Crippen LogP contribution < -0.4 is 16.0 Å². The van der Waals surface area contributed by atoms with E-state index >= 15 is 0 Å². The number of aliphatic imine (C=N–C) groups is 1. The van der Waals surface area contributed by atoms with Crippen molar-refractivity contribution in [3.05, 3.63) is 0 Å². The Morgan fingerprint density at radius 1 is 1.25 bits per heavy atom. The second kappa shape index (κ2) is 13.0. The van der Waals surface area contributed by atoms with E-state index in [2.05, 4.69) is 39.8 Å². The SMILES string of the molecule is CCNC(=NCCCC(=O)NC1CC1)NCCN(C)CCCOC. The molecule has 0 atom stereocenters. The Bertz CT molecular complexity index is 372. The topological polar surface area (TPSA) is 78.0 Å². The van der Waals surface area contributed by atoms with Crippen LogP contribution in [0.15, 0.2) is 4.99 Å². The lowest BCUT2D eigenvalue weighted by atomic mass is 10.3. The number of nitrogens with one attached hydrogen (secondary N) is 3. The van der Waals surface area contributed by atoms with Crippen molar-refractivity contribution in [2.75, 3.05) is 53.5 Å².